The average molecular weight is 326 g/mol. The first-order chi connectivity index (χ1) is 11.3. The summed E-state index contributed by atoms with van der Waals surface area (Å²) in [6.45, 7) is 1.05. The van der Waals surface area contributed by atoms with E-state index in [9.17, 15) is 4.79 Å². The molecule has 0 aliphatic heterocycles. The predicted molar refractivity (Wildman–Crippen MR) is 92.4 cm³/mol. The molecule has 4 nitrogen and oxygen atoms in total. The molecule has 3 aromatic rings. The lowest BCUT2D eigenvalue weighted by atomic mass is 10.1. The lowest BCUT2D eigenvalue weighted by Crippen LogP contribution is -2.29. The van der Waals surface area contributed by atoms with E-state index < -0.39 is 0 Å². The number of carbonyl (C=O) groups excluding carboxylic acids is 1. The van der Waals surface area contributed by atoms with E-state index in [1.165, 1.54) is 5.56 Å². The number of para-hydroxylation sites is 1. The van der Waals surface area contributed by atoms with Crippen molar-refractivity contribution >= 4 is 27.5 Å². The summed E-state index contributed by atoms with van der Waals surface area (Å²) < 4.78 is 6.59. The van der Waals surface area contributed by atoms with E-state index in [0.29, 0.717) is 13.2 Å². The summed E-state index contributed by atoms with van der Waals surface area (Å²) in [5.74, 6) is -0.0953. The molecule has 0 saturated carbocycles. The van der Waals surface area contributed by atoms with Crippen molar-refractivity contribution in [2.45, 2.75) is 13.0 Å². The number of fused-ring (bicyclic) bond motifs is 1. The van der Waals surface area contributed by atoms with Gasteiger partial charge in [0.15, 0.2) is 0 Å². The number of ether oxygens (including phenoxy) is 1. The third kappa shape index (κ3) is 4.61. The van der Waals surface area contributed by atoms with E-state index in [1.807, 2.05) is 42.5 Å². The summed E-state index contributed by atoms with van der Waals surface area (Å²) in [6.07, 6.45) is 0.824. The van der Waals surface area contributed by atoms with Gasteiger partial charge < -0.3 is 10.1 Å². The third-order valence-electron chi connectivity index (χ3n) is 3.38. The number of hydrogen-bond donors (Lipinski definition) is 1. The van der Waals surface area contributed by atoms with Crippen molar-refractivity contribution in [1.82, 2.24) is 10.3 Å². The zero-order valence-electron chi connectivity index (χ0n) is 12.7. The molecule has 0 aliphatic rings. The quantitative estimate of drug-likeness (QED) is 0.725. The highest BCUT2D eigenvalue weighted by molar-refractivity contribution is 7.18. The number of nitrogens with zero attached hydrogens (tertiary/aromatic N) is 1. The second kappa shape index (κ2) is 7.85. The molecule has 1 aromatic heterocycles. The van der Waals surface area contributed by atoms with Crippen LogP contribution >= 0.6 is 11.3 Å². The zero-order chi connectivity index (χ0) is 15.9. The van der Waals surface area contributed by atoms with Crippen LogP contribution in [-0.4, -0.2) is 24.0 Å². The molecule has 0 bridgehead atoms. The van der Waals surface area contributed by atoms with Crippen LogP contribution in [0.5, 0.6) is 0 Å². The highest BCUT2D eigenvalue weighted by Crippen LogP contribution is 2.21. The van der Waals surface area contributed by atoms with Crippen LogP contribution in [0.2, 0.25) is 0 Å². The van der Waals surface area contributed by atoms with Crippen molar-refractivity contribution in [3.8, 4) is 0 Å². The number of carbonyl (C=O) groups is 1. The van der Waals surface area contributed by atoms with Gasteiger partial charge in [-0.05, 0) is 24.1 Å². The van der Waals surface area contributed by atoms with Gasteiger partial charge in [0.1, 0.15) is 11.6 Å². The molecule has 23 heavy (non-hydrogen) atoms. The maximum absolute atomic E-state index is 11.7. The summed E-state index contributed by atoms with van der Waals surface area (Å²) in [7, 11) is 0. The SMILES string of the molecule is O=C(COCc1nc2ccccc2s1)NCCc1ccccc1. The molecule has 0 aliphatic carbocycles. The molecule has 0 unspecified atom stereocenters. The van der Waals surface area contributed by atoms with Crippen molar-refractivity contribution in [2.24, 2.45) is 0 Å². The number of amides is 1. The number of aromatic nitrogens is 1. The number of rotatable bonds is 7. The molecule has 0 atom stereocenters. The Morgan fingerprint density at radius 1 is 1.09 bits per heavy atom. The molecule has 1 heterocycles. The van der Waals surface area contributed by atoms with Crippen LogP contribution in [-0.2, 0) is 22.6 Å². The van der Waals surface area contributed by atoms with E-state index in [-0.39, 0.29) is 12.5 Å². The van der Waals surface area contributed by atoms with Gasteiger partial charge in [-0.15, -0.1) is 11.3 Å². The van der Waals surface area contributed by atoms with E-state index in [1.54, 1.807) is 11.3 Å². The topological polar surface area (TPSA) is 51.2 Å². The van der Waals surface area contributed by atoms with Gasteiger partial charge >= 0.3 is 0 Å². The Morgan fingerprint density at radius 2 is 1.87 bits per heavy atom. The minimum absolute atomic E-state index is 0.0602. The molecular formula is C18H18N2O2S. The van der Waals surface area contributed by atoms with Gasteiger partial charge in [-0.25, -0.2) is 4.98 Å². The smallest absolute Gasteiger partial charge is 0.246 e. The molecule has 0 fully saturated rings. The Bertz CT molecular complexity index is 738. The molecule has 1 amide bonds. The molecule has 3 rings (SSSR count). The second-order valence-electron chi connectivity index (χ2n) is 5.15. The fraction of sp³-hybridized carbons (Fsp3) is 0.222. The number of thiazole rings is 1. The van der Waals surface area contributed by atoms with Gasteiger partial charge in [-0.3, -0.25) is 4.79 Å². The van der Waals surface area contributed by atoms with Crippen molar-refractivity contribution in [3.05, 3.63) is 65.2 Å². The third-order valence-corrected chi connectivity index (χ3v) is 4.39. The summed E-state index contributed by atoms with van der Waals surface area (Å²) in [5, 5.41) is 3.75. The highest BCUT2D eigenvalue weighted by Gasteiger charge is 2.05. The second-order valence-corrected chi connectivity index (χ2v) is 6.27. The predicted octanol–water partition coefficient (Wildman–Crippen LogP) is 3.17. The maximum Gasteiger partial charge on any atom is 0.246 e. The highest BCUT2D eigenvalue weighted by atomic mass is 32.1. The van der Waals surface area contributed by atoms with Crippen LogP contribution in [0.25, 0.3) is 10.2 Å². The number of benzene rings is 2. The molecular weight excluding hydrogens is 308 g/mol. The molecule has 0 spiro atoms. The average Bonchev–Trinajstić information content (AvgIpc) is 2.98. The first-order valence-corrected chi connectivity index (χ1v) is 8.36. The van der Waals surface area contributed by atoms with Crippen LogP contribution in [0, 0.1) is 0 Å². The van der Waals surface area contributed by atoms with Gasteiger partial charge in [-0.1, -0.05) is 42.5 Å². The fourth-order valence-corrected chi connectivity index (χ4v) is 3.16. The number of hydrogen-bond acceptors (Lipinski definition) is 4. The summed E-state index contributed by atoms with van der Waals surface area (Å²) in [4.78, 5) is 16.2. The summed E-state index contributed by atoms with van der Waals surface area (Å²) >= 11 is 1.60. The van der Waals surface area contributed by atoms with Crippen molar-refractivity contribution in [3.63, 3.8) is 0 Å². The normalized spacial score (nSPS) is 10.8. The van der Waals surface area contributed by atoms with Gasteiger partial charge in [-0.2, -0.15) is 0 Å². The van der Waals surface area contributed by atoms with Crippen molar-refractivity contribution in [2.75, 3.05) is 13.2 Å². The first-order valence-electron chi connectivity index (χ1n) is 7.54. The van der Waals surface area contributed by atoms with Crippen molar-refractivity contribution in [1.29, 1.82) is 0 Å². The van der Waals surface area contributed by atoms with Gasteiger partial charge in [0.2, 0.25) is 5.91 Å². The largest absolute Gasteiger partial charge is 0.364 e. The van der Waals surface area contributed by atoms with Crippen LogP contribution in [0.4, 0.5) is 0 Å². The lowest BCUT2D eigenvalue weighted by molar-refractivity contribution is -0.126. The van der Waals surface area contributed by atoms with E-state index in [4.69, 9.17) is 4.74 Å². The Morgan fingerprint density at radius 3 is 2.70 bits per heavy atom. The van der Waals surface area contributed by atoms with Crippen LogP contribution in [0.3, 0.4) is 0 Å². The maximum atomic E-state index is 11.7. The summed E-state index contributed by atoms with van der Waals surface area (Å²) in [6, 6.07) is 18.1. The minimum atomic E-state index is -0.0953. The van der Waals surface area contributed by atoms with E-state index in [2.05, 4.69) is 22.4 Å². The molecule has 0 radical (unpaired) electrons. The van der Waals surface area contributed by atoms with E-state index >= 15 is 0 Å². The Balaban J connectivity index is 1.37. The van der Waals surface area contributed by atoms with Crippen LogP contribution in [0.15, 0.2) is 54.6 Å². The molecule has 2 aromatic carbocycles. The van der Waals surface area contributed by atoms with E-state index in [0.717, 1.165) is 21.6 Å². The molecule has 0 saturated heterocycles. The monoisotopic (exact) mass is 326 g/mol. The molecule has 118 valence electrons. The first kappa shape index (κ1) is 15.6. The Kier molecular flexibility index (Phi) is 5.34. The lowest BCUT2D eigenvalue weighted by Gasteiger charge is -2.05. The standard InChI is InChI=1S/C18H18N2O2S/c21-17(19-11-10-14-6-2-1-3-7-14)12-22-13-18-20-15-8-4-5-9-16(15)23-18/h1-9H,10-13H2,(H,19,21). The molecule has 1 N–H and O–H groups in total. The molecule has 5 heteroatoms. The van der Waals surface area contributed by atoms with Gasteiger partial charge in [0.25, 0.3) is 0 Å². The van der Waals surface area contributed by atoms with Gasteiger partial charge in [0, 0.05) is 6.54 Å². The fourth-order valence-electron chi connectivity index (χ4n) is 2.25. The van der Waals surface area contributed by atoms with Crippen molar-refractivity contribution < 1.29 is 9.53 Å². The number of nitrogens with one attached hydrogen (secondary N) is 1. The minimum Gasteiger partial charge on any atom is -0.364 e. The van der Waals surface area contributed by atoms with Crippen LogP contribution in [0.1, 0.15) is 10.6 Å². The Labute approximate surface area is 139 Å². The summed E-state index contributed by atoms with van der Waals surface area (Å²) in [5.41, 5.74) is 2.19. The zero-order valence-corrected chi connectivity index (χ0v) is 13.5. The Hall–Kier alpha value is -2.24. The van der Waals surface area contributed by atoms with Crippen LogP contribution < -0.4 is 5.32 Å². The van der Waals surface area contributed by atoms with Gasteiger partial charge in [0.05, 0.1) is 16.8 Å².